The smallest absolute Gasteiger partial charge is 0.342 e. The zero-order valence-corrected chi connectivity index (χ0v) is 19.1. The highest BCUT2D eigenvalue weighted by atomic mass is 19.1. The number of amides is 1. The van der Waals surface area contributed by atoms with E-state index in [4.69, 9.17) is 4.74 Å². The number of halogens is 2. The number of nitrogens with one attached hydrogen (secondary N) is 1. The number of esters is 1. The van der Waals surface area contributed by atoms with Gasteiger partial charge in [0.2, 0.25) is 0 Å². The second kappa shape index (κ2) is 8.10. The molecule has 1 aliphatic heterocycles. The Morgan fingerprint density at radius 1 is 1.21 bits per heavy atom. The van der Waals surface area contributed by atoms with Crippen LogP contribution in [0.4, 0.5) is 8.78 Å². The largest absolute Gasteiger partial charge is 0.459 e. The molecule has 0 bridgehead atoms. The Balaban J connectivity index is 1.91. The van der Waals surface area contributed by atoms with Crippen molar-refractivity contribution in [1.29, 1.82) is 0 Å². The van der Waals surface area contributed by atoms with Gasteiger partial charge in [0.1, 0.15) is 17.3 Å². The Bertz CT molecular complexity index is 1310. The summed E-state index contributed by atoms with van der Waals surface area (Å²) in [7, 11) is 0. The molecule has 1 amide bonds. The van der Waals surface area contributed by atoms with Gasteiger partial charge in [-0.2, -0.15) is 0 Å². The van der Waals surface area contributed by atoms with Crippen LogP contribution in [0.2, 0.25) is 0 Å². The fourth-order valence-electron chi connectivity index (χ4n) is 4.24. The molecule has 0 radical (unpaired) electrons. The van der Waals surface area contributed by atoms with E-state index in [9.17, 15) is 18.4 Å². The highest BCUT2D eigenvalue weighted by Crippen LogP contribution is 2.40. The summed E-state index contributed by atoms with van der Waals surface area (Å²) in [6.45, 7) is 8.75. The molecule has 1 aliphatic rings. The van der Waals surface area contributed by atoms with Crippen LogP contribution in [0, 0.1) is 18.6 Å². The van der Waals surface area contributed by atoms with Crippen LogP contribution in [0.1, 0.15) is 54.9 Å². The maximum atomic E-state index is 14.8. The molecule has 3 heterocycles. The molecule has 6 nitrogen and oxygen atoms in total. The van der Waals surface area contributed by atoms with Crippen molar-refractivity contribution in [3.05, 3.63) is 70.7 Å². The number of carbonyl (C=O) groups is 2. The average molecular weight is 453 g/mol. The number of rotatable bonds is 3. The quantitative estimate of drug-likeness (QED) is 0.574. The first kappa shape index (κ1) is 22.6. The number of hydrogen-bond donors (Lipinski definition) is 1. The third-order valence-corrected chi connectivity index (χ3v) is 5.74. The maximum Gasteiger partial charge on any atom is 0.342 e. The van der Waals surface area contributed by atoms with Gasteiger partial charge in [-0.3, -0.25) is 4.79 Å². The van der Waals surface area contributed by atoms with Crippen molar-refractivity contribution in [1.82, 2.24) is 14.9 Å². The summed E-state index contributed by atoms with van der Waals surface area (Å²) in [5.74, 6) is -2.95. The molecule has 0 atom stereocenters. The van der Waals surface area contributed by atoms with Crippen molar-refractivity contribution in [3.63, 3.8) is 0 Å². The summed E-state index contributed by atoms with van der Waals surface area (Å²) in [6, 6.07) is 5.88. The summed E-state index contributed by atoms with van der Waals surface area (Å²) < 4.78 is 34.0. The van der Waals surface area contributed by atoms with Crippen molar-refractivity contribution in [2.24, 2.45) is 0 Å². The lowest BCUT2D eigenvalue weighted by atomic mass is 9.82. The molecule has 3 aromatic rings. The van der Waals surface area contributed by atoms with Gasteiger partial charge in [-0.25, -0.2) is 18.6 Å². The van der Waals surface area contributed by atoms with E-state index < -0.39 is 28.9 Å². The van der Waals surface area contributed by atoms with Crippen LogP contribution in [0.25, 0.3) is 16.6 Å². The summed E-state index contributed by atoms with van der Waals surface area (Å²) in [4.78, 5) is 35.3. The molecule has 1 N–H and O–H groups in total. The molecule has 0 saturated carbocycles. The molecule has 0 unspecified atom stereocenters. The number of H-pyrrole nitrogens is 1. The predicted molar refractivity (Wildman–Crippen MR) is 120 cm³/mol. The first-order valence-electron chi connectivity index (χ1n) is 10.7. The number of benzene rings is 1. The Kier molecular flexibility index (Phi) is 5.56. The highest BCUT2D eigenvalue weighted by molar-refractivity contribution is 6.18. The van der Waals surface area contributed by atoms with E-state index in [0.717, 1.165) is 23.1 Å². The molecule has 1 aromatic carbocycles. The van der Waals surface area contributed by atoms with E-state index in [-0.39, 0.29) is 29.3 Å². The number of carbonyl (C=O) groups excluding carboxylic acids is 2. The van der Waals surface area contributed by atoms with Gasteiger partial charge in [0.25, 0.3) is 5.91 Å². The number of hydrogen-bond acceptors (Lipinski definition) is 4. The molecule has 0 spiro atoms. The SMILES string of the molecule is Cc1c(F)ccc(C(=O)N2C=C(C(=O)OC(C)C)c3[nH]c4ncccc4c3C(C)(C)C2)c1F. The van der Waals surface area contributed by atoms with Crippen molar-refractivity contribution >= 4 is 28.5 Å². The molecular weight excluding hydrogens is 428 g/mol. The minimum Gasteiger partial charge on any atom is -0.459 e. The topological polar surface area (TPSA) is 75.3 Å². The van der Waals surface area contributed by atoms with Crippen molar-refractivity contribution < 1.29 is 23.1 Å². The summed E-state index contributed by atoms with van der Waals surface area (Å²) in [5.41, 5.74) is 0.909. The minimum absolute atomic E-state index is 0.134. The zero-order chi connectivity index (χ0) is 24.1. The van der Waals surface area contributed by atoms with Crippen LogP contribution < -0.4 is 0 Å². The Labute approximate surface area is 190 Å². The number of aromatic amines is 1. The average Bonchev–Trinajstić information content (AvgIpc) is 3.09. The van der Waals surface area contributed by atoms with E-state index in [2.05, 4.69) is 9.97 Å². The summed E-state index contributed by atoms with van der Waals surface area (Å²) in [6.07, 6.45) is 2.65. The van der Waals surface area contributed by atoms with Crippen LogP contribution >= 0.6 is 0 Å². The Hall–Kier alpha value is -3.55. The fourth-order valence-corrected chi connectivity index (χ4v) is 4.24. The first-order valence-corrected chi connectivity index (χ1v) is 10.7. The predicted octanol–water partition coefficient (Wildman–Crippen LogP) is 4.88. The summed E-state index contributed by atoms with van der Waals surface area (Å²) in [5, 5.41) is 0.818. The number of fused-ring (bicyclic) bond motifs is 3. The van der Waals surface area contributed by atoms with Crippen molar-refractivity contribution in [2.45, 2.75) is 46.1 Å². The van der Waals surface area contributed by atoms with E-state index in [1.54, 1.807) is 26.1 Å². The maximum absolute atomic E-state index is 14.8. The molecule has 8 heteroatoms. The second-order valence-electron chi connectivity index (χ2n) is 9.12. The second-order valence-corrected chi connectivity index (χ2v) is 9.12. The zero-order valence-electron chi connectivity index (χ0n) is 19.1. The number of aromatic nitrogens is 2. The Morgan fingerprint density at radius 3 is 2.64 bits per heavy atom. The number of nitrogens with zero attached hydrogens (tertiary/aromatic N) is 2. The van der Waals surface area contributed by atoms with Gasteiger partial charge in [0.15, 0.2) is 0 Å². The molecule has 0 saturated heterocycles. The van der Waals surface area contributed by atoms with Gasteiger partial charge in [0, 0.05) is 35.3 Å². The van der Waals surface area contributed by atoms with E-state index in [0.29, 0.717) is 11.3 Å². The van der Waals surface area contributed by atoms with Gasteiger partial charge in [-0.15, -0.1) is 0 Å². The van der Waals surface area contributed by atoms with E-state index >= 15 is 0 Å². The van der Waals surface area contributed by atoms with Gasteiger partial charge < -0.3 is 14.6 Å². The van der Waals surface area contributed by atoms with Gasteiger partial charge in [-0.1, -0.05) is 13.8 Å². The molecular formula is C25H25F2N3O3. The standard InChI is InChI=1S/C25H25F2N3O3/c1-13(2)33-24(32)17-11-30(23(31)16-8-9-18(26)14(3)20(16)27)12-25(4,5)19-15-7-6-10-28-22(15)29-21(17)19/h6-11,13H,12H2,1-5H3,(H,28,29). The third kappa shape index (κ3) is 3.90. The lowest BCUT2D eigenvalue weighted by molar-refractivity contribution is -0.140. The number of pyridine rings is 1. The van der Waals surface area contributed by atoms with Crippen molar-refractivity contribution in [3.8, 4) is 0 Å². The van der Waals surface area contributed by atoms with Crippen LogP contribution in [-0.4, -0.2) is 39.4 Å². The minimum atomic E-state index is -0.921. The molecule has 0 fully saturated rings. The summed E-state index contributed by atoms with van der Waals surface area (Å²) >= 11 is 0. The lowest BCUT2D eigenvalue weighted by Crippen LogP contribution is -2.37. The van der Waals surface area contributed by atoms with Crippen molar-refractivity contribution in [2.75, 3.05) is 6.54 Å². The Morgan fingerprint density at radius 2 is 1.94 bits per heavy atom. The molecule has 4 rings (SSSR count). The molecule has 172 valence electrons. The fraction of sp³-hybridized carbons (Fsp3) is 0.320. The van der Waals surface area contributed by atoms with Crippen LogP contribution in [-0.2, 0) is 14.9 Å². The molecule has 2 aromatic heterocycles. The van der Waals surface area contributed by atoms with E-state index in [1.807, 2.05) is 19.9 Å². The van der Waals surface area contributed by atoms with Gasteiger partial charge in [-0.05, 0) is 50.6 Å². The van der Waals surface area contributed by atoms with Gasteiger partial charge >= 0.3 is 5.97 Å². The van der Waals surface area contributed by atoms with Crippen LogP contribution in [0.15, 0.2) is 36.7 Å². The lowest BCUT2D eigenvalue weighted by Gasteiger charge is -2.29. The first-order chi connectivity index (χ1) is 15.5. The molecule has 0 aliphatic carbocycles. The number of ether oxygens (including phenoxy) is 1. The van der Waals surface area contributed by atoms with Crippen LogP contribution in [0.3, 0.4) is 0 Å². The molecule has 33 heavy (non-hydrogen) atoms. The van der Waals surface area contributed by atoms with Crippen LogP contribution in [0.5, 0.6) is 0 Å². The highest BCUT2D eigenvalue weighted by Gasteiger charge is 2.38. The van der Waals surface area contributed by atoms with E-state index in [1.165, 1.54) is 18.0 Å². The monoisotopic (exact) mass is 453 g/mol. The third-order valence-electron chi connectivity index (χ3n) is 5.74. The normalized spacial score (nSPS) is 15.3. The van der Waals surface area contributed by atoms with Gasteiger partial charge in [0.05, 0.1) is 22.9 Å².